The second-order valence-corrected chi connectivity index (χ2v) is 6.31. The Hall–Kier alpha value is -2.84. The molecule has 4 rings (SSSR count). The second kappa shape index (κ2) is 5.86. The monoisotopic (exact) mass is 363 g/mol. The zero-order valence-electron chi connectivity index (χ0n) is 13.8. The third-order valence-electron chi connectivity index (χ3n) is 4.63. The maximum Gasteiger partial charge on any atom is 0.416 e. The second-order valence-electron chi connectivity index (χ2n) is 6.31. The van der Waals surface area contributed by atoms with Crippen LogP contribution < -0.4 is 10.7 Å². The van der Waals surface area contributed by atoms with Gasteiger partial charge in [0.1, 0.15) is 6.34 Å². The van der Waals surface area contributed by atoms with Crippen LogP contribution in [-0.2, 0) is 11.0 Å². The van der Waals surface area contributed by atoms with Gasteiger partial charge in [-0.2, -0.15) is 13.2 Å². The maximum absolute atomic E-state index is 13.1. The number of alkyl halides is 3. The highest BCUT2D eigenvalue weighted by Gasteiger charge is 2.44. The molecule has 0 fully saturated rings. The summed E-state index contributed by atoms with van der Waals surface area (Å²) in [6, 6.07) is 2.67. The van der Waals surface area contributed by atoms with Crippen LogP contribution in [0.25, 0.3) is 0 Å². The Morgan fingerprint density at radius 3 is 2.85 bits per heavy atom. The van der Waals surface area contributed by atoms with E-state index in [4.69, 9.17) is 0 Å². The molecule has 2 atom stereocenters. The van der Waals surface area contributed by atoms with Crippen molar-refractivity contribution < 1.29 is 18.0 Å². The lowest BCUT2D eigenvalue weighted by Gasteiger charge is -2.25. The molecule has 136 valence electrons. The standard InChI is InChI=1S/C17H16F3N5O/c1-2-5-25-15-11(7-23-25)14(21-8-22-15)13-10-6-9(17(18,19)20)3-4-12(10)24-16(13)26/h3-4,6-8,13-14,23H,2,5H2,1H3,(H,24,26). The molecule has 0 spiro atoms. The molecule has 3 aliphatic heterocycles. The van der Waals surface area contributed by atoms with Crippen molar-refractivity contribution in [2.75, 3.05) is 11.9 Å². The summed E-state index contributed by atoms with van der Waals surface area (Å²) in [5.41, 5.74) is 3.70. The first kappa shape index (κ1) is 16.6. The molecule has 9 heteroatoms. The van der Waals surface area contributed by atoms with Gasteiger partial charge in [-0.1, -0.05) is 6.92 Å². The number of rotatable bonds is 3. The molecule has 0 saturated carbocycles. The average Bonchev–Trinajstić information content (AvgIpc) is 3.14. The number of hydrazine groups is 1. The lowest BCUT2D eigenvalue weighted by atomic mass is 9.87. The zero-order valence-corrected chi connectivity index (χ0v) is 13.8. The Morgan fingerprint density at radius 2 is 2.12 bits per heavy atom. The molecule has 0 bridgehead atoms. The highest BCUT2D eigenvalue weighted by atomic mass is 19.4. The molecule has 3 heterocycles. The van der Waals surface area contributed by atoms with Crippen LogP contribution in [0.4, 0.5) is 18.9 Å². The number of nitrogens with zero attached hydrogens (tertiary/aromatic N) is 3. The Kier molecular flexibility index (Phi) is 3.74. The van der Waals surface area contributed by atoms with Gasteiger partial charge in [0.15, 0.2) is 5.84 Å². The number of aliphatic imine (C=N–C) groups is 2. The fourth-order valence-corrected chi connectivity index (χ4v) is 3.47. The zero-order chi connectivity index (χ0) is 18.5. The summed E-state index contributed by atoms with van der Waals surface area (Å²) in [5, 5.41) is 4.50. The van der Waals surface area contributed by atoms with Gasteiger partial charge in [-0.15, -0.1) is 0 Å². The topological polar surface area (TPSA) is 69.1 Å². The van der Waals surface area contributed by atoms with Crippen molar-refractivity contribution in [2.45, 2.75) is 31.5 Å². The predicted molar refractivity (Wildman–Crippen MR) is 90.7 cm³/mol. The van der Waals surface area contributed by atoms with Crippen LogP contribution in [0.1, 0.15) is 30.4 Å². The van der Waals surface area contributed by atoms with Crippen molar-refractivity contribution in [3.8, 4) is 0 Å². The molecule has 26 heavy (non-hydrogen) atoms. The van der Waals surface area contributed by atoms with Crippen molar-refractivity contribution in [1.82, 2.24) is 10.4 Å². The molecule has 0 saturated heterocycles. The third kappa shape index (κ3) is 2.54. The van der Waals surface area contributed by atoms with Crippen LogP contribution in [0.3, 0.4) is 0 Å². The minimum absolute atomic E-state index is 0.308. The van der Waals surface area contributed by atoms with Gasteiger partial charge < -0.3 is 10.7 Å². The van der Waals surface area contributed by atoms with Crippen molar-refractivity contribution in [1.29, 1.82) is 0 Å². The Bertz CT molecular complexity index is 858. The number of halogens is 3. The first-order valence-corrected chi connectivity index (χ1v) is 8.25. The van der Waals surface area contributed by atoms with Crippen LogP contribution >= 0.6 is 0 Å². The first-order chi connectivity index (χ1) is 12.4. The van der Waals surface area contributed by atoms with Gasteiger partial charge in [0, 0.05) is 24.0 Å². The number of carbonyl (C=O) groups excluding carboxylic acids is 1. The molecule has 0 aromatic heterocycles. The van der Waals surface area contributed by atoms with Crippen LogP contribution in [0.5, 0.6) is 0 Å². The van der Waals surface area contributed by atoms with Gasteiger partial charge in [-0.05, 0) is 30.2 Å². The average molecular weight is 363 g/mol. The van der Waals surface area contributed by atoms with E-state index in [0.29, 0.717) is 29.2 Å². The molecule has 3 aliphatic rings. The Morgan fingerprint density at radius 1 is 1.31 bits per heavy atom. The molecule has 0 radical (unpaired) electrons. The normalized spacial score (nSPS) is 23.8. The van der Waals surface area contributed by atoms with E-state index in [0.717, 1.165) is 18.6 Å². The number of amides is 1. The van der Waals surface area contributed by atoms with E-state index in [1.54, 1.807) is 6.20 Å². The molecular weight excluding hydrogens is 347 g/mol. The largest absolute Gasteiger partial charge is 0.416 e. The summed E-state index contributed by atoms with van der Waals surface area (Å²) in [6.07, 6.45) is -0.503. The van der Waals surface area contributed by atoms with Gasteiger partial charge in [-0.25, -0.2) is 4.99 Å². The van der Waals surface area contributed by atoms with Gasteiger partial charge in [0.2, 0.25) is 5.91 Å². The van der Waals surface area contributed by atoms with E-state index in [1.807, 2.05) is 11.9 Å². The number of carbonyl (C=O) groups is 1. The van der Waals surface area contributed by atoms with E-state index in [1.165, 1.54) is 12.4 Å². The smallest absolute Gasteiger partial charge is 0.325 e. The van der Waals surface area contributed by atoms with E-state index in [2.05, 4.69) is 20.7 Å². The first-order valence-electron chi connectivity index (χ1n) is 8.25. The van der Waals surface area contributed by atoms with E-state index >= 15 is 0 Å². The predicted octanol–water partition coefficient (Wildman–Crippen LogP) is 2.66. The van der Waals surface area contributed by atoms with Gasteiger partial charge in [0.25, 0.3) is 0 Å². The fraction of sp³-hybridized carbons (Fsp3) is 0.353. The molecule has 6 nitrogen and oxygen atoms in total. The summed E-state index contributed by atoms with van der Waals surface area (Å²) in [4.78, 5) is 21.1. The molecule has 2 unspecified atom stereocenters. The van der Waals surface area contributed by atoms with Crippen LogP contribution in [-0.4, -0.2) is 35.7 Å². The number of benzene rings is 1. The Balaban J connectivity index is 1.71. The summed E-state index contributed by atoms with van der Waals surface area (Å²) in [7, 11) is 0. The quantitative estimate of drug-likeness (QED) is 0.868. The van der Waals surface area contributed by atoms with E-state index in [9.17, 15) is 18.0 Å². The van der Waals surface area contributed by atoms with Crippen LogP contribution in [0, 0.1) is 0 Å². The third-order valence-corrected chi connectivity index (χ3v) is 4.63. The number of amidine groups is 1. The van der Waals surface area contributed by atoms with Crippen molar-refractivity contribution in [2.24, 2.45) is 9.98 Å². The minimum Gasteiger partial charge on any atom is -0.325 e. The SMILES string of the molecule is CCCN1NC=C2C1=NC=NC2C1C(=O)Nc2ccc(C(F)(F)F)cc21. The number of nitrogens with one attached hydrogen (secondary N) is 2. The highest BCUT2D eigenvalue weighted by Crippen LogP contribution is 2.42. The summed E-state index contributed by atoms with van der Waals surface area (Å²) >= 11 is 0. The van der Waals surface area contributed by atoms with Gasteiger partial charge >= 0.3 is 6.18 Å². The molecule has 1 aromatic carbocycles. The summed E-state index contributed by atoms with van der Waals surface area (Å²) in [5.74, 6) is -0.540. The van der Waals surface area contributed by atoms with Crippen LogP contribution in [0.15, 0.2) is 40.0 Å². The van der Waals surface area contributed by atoms with E-state index < -0.39 is 23.7 Å². The molecule has 1 aromatic rings. The lowest BCUT2D eigenvalue weighted by molar-refractivity contribution is -0.137. The van der Waals surface area contributed by atoms with Crippen molar-refractivity contribution >= 4 is 23.8 Å². The number of hydrogen-bond acceptors (Lipinski definition) is 5. The molecule has 1 amide bonds. The number of anilines is 1. The molecule has 2 N–H and O–H groups in total. The van der Waals surface area contributed by atoms with Crippen LogP contribution in [0.2, 0.25) is 0 Å². The molecule has 0 aliphatic carbocycles. The van der Waals surface area contributed by atoms with Gasteiger partial charge in [0.05, 0.1) is 17.5 Å². The Labute approximate surface area is 147 Å². The van der Waals surface area contributed by atoms with Gasteiger partial charge in [-0.3, -0.25) is 14.8 Å². The van der Waals surface area contributed by atoms with Crippen molar-refractivity contribution in [3.63, 3.8) is 0 Å². The summed E-state index contributed by atoms with van der Waals surface area (Å²) in [6.45, 7) is 2.74. The maximum atomic E-state index is 13.1. The number of fused-ring (bicyclic) bond motifs is 2. The van der Waals surface area contributed by atoms with E-state index in [-0.39, 0.29) is 5.91 Å². The minimum atomic E-state index is -4.47. The summed E-state index contributed by atoms with van der Waals surface area (Å²) < 4.78 is 39.3. The highest BCUT2D eigenvalue weighted by molar-refractivity contribution is 6.10. The molecular formula is C17H16F3N5O. The lowest BCUT2D eigenvalue weighted by Crippen LogP contribution is -2.39. The fourth-order valence-electron chi connectivity index (χ4n) is 3.47. The van der Waals surface area contributed by atoms with Crippen molar-refractivity contribution in [3.05, 3.63) is 41.1 Å². The number of hydrogen-bond donors (Lipinski definition) is 2.